The van der Waals surface area contributed by atoms with Gasteiger partial charge in [-0.3, -0.25) is 0 Å². The first-order valence-electron chi connectivity index (χ1n) is 5.90. The van der Waals surface area contributed by atoms with Crippen molar-refractivity contribution in [1.29, 1.82) is 0 Å². The average molecular weight is 422 g/mol. The highest BCUT2D eigenvalue weighted by Crippen LogP contribution is 2.40. The second-order valence-electron chi connectivity index (χ2n) is 4.46. The lowest BCUT2D eigenvalue weighted by atomic mass is 10.3. The van der Waals surface area contributed by atoms with E-state index in [1.165, 1.54) is 12.1 Å². The molecule has 3 nitrogen and oxygen atoms in total. The number of hydrogen-bond donors (Lipinski definition) is 0. The van der Waals surface area contributed by atoms with E-state index in [-0.39, 0.29) is 5.02 Å². The maximum atomic E-state index is 13.5. The molecule has 0 unspecified atom stereocenters. The van der Waals surface area contributed by atoms with Crippen LogP contribution in [-0.2, 0) is 0 Å². The first-order valence-corrected chi connectivity index (χ1v) is 7.86. The Bertz CT molecular complexity index is 680. The van der Waals surface area contributed by atoms with E-state index in [0.29, 0.717) is 26.6 Å². The molecule has 0 aliphatic heterocycles. The van der Waals surface area contributed by atoms with Crippen molar-refractivity contribution >= 4 is 43.5 Å². The van der Waals surface area contributed by atoms with Gasteiger partial charge in [-0.2, -0.15) is 4.98 Å². The minimum Gasteiger partial charge on any atom is -0.438 e. The summed E-state index contributed by atoms with van der Waals surface area (Å²) in [5.41, 5.74) is 0. The lowest BCUT2D eigenvalue weighted by Gasteiger charge is -2.09. The highest BCUT2D eigenvalue weighted by atomic mass is 79.9. The topological polar surface area (TPSA) is 35.0 Å². The highest BCUT2D eigenvalue weighted by Gasteiger charge is 2.27. The second kappa shape index (κ2) is 5.58. The average Bonchev–Trinajstić information content (AvgIpc) is 3.19. The summed E-state index contributed by atoms with van der Waals surface area (Å²) in [7, 11) is 0. The van der Waals surface area contributed by atoms with Crippen LogP contribution >= 0.6 is 43.5 Å². The third-order valence-electron chi connectivity index (χ3n) is 2.82. The minimum absolute atomic E-state index is 0.0340. The molecular formula is C13H8Br2ClFN2O. The summed E-state index contributed by atoms with van der Waals surface area (Å²) in [6.07, 6.45) is 2.18. The van der Waals surface area contributed by atoms with Crippen LogP contribution < -0.4 is 4.74 Å². The van der Waals surface area contributed by atoms with Gasteiger partial charge in [0, 0.05) is 18.1 Å². The highest BCUT2D eigenvalue weighted by molar-refractivity contribution is 9.10. The number of nitrogens with zero attached hydrogens (tertiary/aromatic N) is 2. The van der Waals surface area contributed by atoms with E-state index in [4.69, 9.17) is 16.3 Å². The number of ether oxygens (including phenoxy) is 1. The van der Waals surface area contributed by atoms with E-state index in [1.807, 2.05) is 0 Å². The molecule has 1 fully saturated rings. The molecule has 3 rings (SSSR count). The van der Waals surface area contributed by atoms with Gasteiger partial charge in [-0.1, -0.05) is 11.6 Å². The van der Waals surface area contributed by atoms with Crippen LogP contribution in [0.2, 0.25) is 5.02 Å². The van der Waals surface area contributed by atoms with Gasteiger partial charge in [-0.05, 0) is 50.8 Å². The van der Waals surface area contributed by atoms with Crippen molar-refractivity contribution in [2.24, 2.45) is 0 Å². The van der Waals surface area contributed by atoms with E-state index in [1.54, 1.807) is 6.07 Å². The van der Waals surface area contributed by atoms with Crippen molar-refractivity contribution in [2.45, 2.75) is 18.8 Å². The molecule has 0 saturated heterocycles. The molecule has 0 bridgehead atoms. The van der Waals surface area contributed by atoms with E-state index in [2.05, 4.69) is 41.8 Å². The Kier molecular flexibility index (Phi) is 3.97. The van der Waals surface area contributed by atoms with Gasteiger partial charge in [-0.15, -0.1) is 0 Å². The Morgan fingerprint density at radius 3 is 2.65 bits per heavy atom. The summed E-state index contributed by atoms with van der Waals surface area (Å²) >= 11 is 12.3. The zero-order valence-corrected chi connectivity index (χ0v) is 14.0. The van der Waals surface area contributed by atoms with Crippen LogP contribution in [0.5, 0.6) is 11.6 Å². The summed E-state index contributed by atoms with van der Waals surface area (Å²) < 4.78 is 20.3. The summed E-state index contributed by atoms with van der Waals surface area (Å²) in [6, 6.07) is 4.31. The molecule has 2 aromatic rings. The molecule has 0 spiro atoms. The fraction of sp³-hybridized carbons (Fsp3) is 0.231. The zero-order valence-electron chi connectivity index (χ0n) is 10.0. The molecule has 104 valence electrons. The van der Waals surface area contributed by atoms with Crippen molar-refractivity contribution < 1.29 is 9.13 Å². The second-order valence-corrected chi connectivity index (χ2v) is 6.53. The van der Waals surface area contributed by atoms with Gasteiger partial charge >= 0.3 is 0 Å². The molecule has 1 aromatic carbocycles. The Labute approximate surface area is 136 Å². The minimum atomic E-state index is -0.541. The predicted molar refractivity (Wildman–Crippen MR) is 80.9 cm³/mol. The van der Waals surface area contributed by atoms with Gasteiger partial charge in [0.05, 0.1) is 9.50 Å². The van der Waals surface area contributed by atoms with Crippen molar-refractivity contribution in [3.05, 3.63) is 43.9 Å². The van der Waals surface area contributed by atoms with Crippen LogP contribution in [-0.4, -0.2) is 9.97 Å². The Hall–Kier alpha value is -0.720. The number of aromatic nitrogens is 2. The quantitative estimate of drug-likeness (QED) is 0.486. The zero-order chi connectivity index (χ0) is 14.3. The fourth-order valence-corrected chi connectivity index (χ4v) is 2.78. The monoisotopic (exact) mass is 420 g/mol. The Morgan fingerprint density at radius 1 is 1.20 bits per heavy atom. The number of rotatable bonds is 3. The third kappa shape index (κ3) is 3.13. The number of hydrogen-bond acceptors (Lipinski definition) is 3. The first kappa shape index (κ1) is 14.2. The van der Waals surface area contributed by atoms with Crippen LogP contribution in [0.3, 0.4) is 0 Å². The van der Waals surface area contributed by atoms with Gasteiger partial charge in [0.15, 0.2) is 0 Å². The van der Waals surface area contributed by atoms with Crippen molar-refractivity contribution in [3.8, 4) is 11.6 Å². The normalized spacial score (nSPS) is 14.4. The van der Waals surface area contributed by atoms with E-state index in [9.17, 15) is 4.39 Å². The van der Waals surface area contributed by atoms with Crippen molar-refractivity contribution in [1.82, 2.24) is 9.97 Å². The van der Waals surface area contributed by atoms with Crippen molar-refractivity contribution in [3.63, 3.8) is 0 Å². The van der Waals surface area contributed by atoms with Gasteiger partial charge < -0.3 is 4.74 Å². The molecule has 0 radical (unpaired) electrons. The standard InChI is InChI=1S/C13H8Br2ClFN2O/c14-7-3-8(16)9(17)4-10(7)20-12-5-11(15)18-13(19-12)6-1-2-6/h3-6H,1-2H2. The predicted octanol–water partition coefficient (Wildman–Crippen LogP) is 5.46. The summed E-state index contributed by atoms with van der Waals surface area (Å²) in [5.74, 6) is 1.30. The van der Waals surface area contributed by atoms with Crippen LogP contribution in [0.1, 0.15) is 24.6 Å². The summed E-state index contributed by atoms with van der Waals surface area (Å²) in [4.78, 5) is 8.65. The molecule has 1 saturated carbocycles. The molecule has 7 heteroatoms. The van der Waals surface area contributed by atoms with Crippen LogP contribution in [0, 0.1) is 5.82 Å². The SMILES string of the molecule is Fc1cc(Oc2cc(Br)nc(C3CC3)n2)c(Br)cc1Cl. The molecule has 1 heterocycles. The molecule has 0 amide bonds. The number of benzene rings is 1. The molecule has 1 aliphatic rings. The molecular weight excluding hydrogens is 414 g/mol. The Morgan fingerprint density at radius 2 is 1.95 bits per heavy atom. The first-order chi connectivity index (χ1) is 9.52. The molecule has 0 atom stereocenters. The fourth-order valence-electron chi connectivity index (χ4n) is 1.69. The maximum absolute atomic E-state index is 13.5. The summed E-state index contributed by atoms with van der Waals surface area (Å²) in [6.45, 7) is 0. The molecule has 1 aliphatic carbocycles. The van der Waals surface area contributed by atoms with Gasteiger partial charge in [0.2, 0.25) is 5.88 Å². The molecule has 1 aromatic heterocycles. The largest absolute Gasteiger partial charge is 0.438 e. The van der Waals surface area contributed by atoms with Gasteiger partial charge in [0.25, 0.3) is 0 Å². The van der Waals surface area contributed by atoms with E-state index < -0.39 is 5.82 Å². The Balaban J connectivity index is 1.92. The van der Waals surface area contributed by atoms with Gasteiger partial charge in [-0.25, -0.2) is 9.37 Å². The van der Waals surface area contributed by atoms with Crippen LogP contribution in [0.15, 0.2) is 27.3 Å². The van der Waals surface area contributed by atoms with Crippen LogP contribution in [0.25, 0.3) is 0 Å². The van der Waals surface area contributed by atoms with E-state index in [0.717, 1.165) is 18.7 Å². The summed E-state index contributed by atoms with van der Waals surface area (Å²) in [5, 5.41) is 0.0340. The van der Waals surface area contributed by atoms with Crippen molar-refractivity contribution in [2.75, 3.05) is 0 Å². The number of halogens is 4. The lowest BCUT2D eigenvalue weighted by molar-refractivity contribution is 0.450. The molecule has 0 N–H and O–H groups in total. The molecule has 20 heavy (non-hydrogen) atoms. The smallest absolute Gasteiger partial charge is 0.223 e. The van der Waals surface area contributed by atoms with Crippen LogP contribution in [0.4, 0.5) is 4.39 Å². The third-order valence-corrected chi connectivity index (χ3v) is 4.14. The van der Waals surface area contributed by atoms with E-state index >= 15 is 0 Å². The maximum Gasteiger partial charge on any atom is 0.223 e. The lowest BCUT2D eigenvalue weighted by Crippen LogP contribution is -1.97. The van der Waals surface area contributed by atoms with Gasteiger partial charge in [0.1, 0.15) is 22.0 Å².